The maximum absolute atomic E-state index is 14.4. The molecule has 0 heterocycles. The molecule has 3 nitrogen and oxygen atoms in total. The van der Waals surface area contributed by atoms with Crippen LogP contribution < -0.4 is 0 Å². The molecular formula is C33H36F3IO3S. The molecule has 0 aliphatic carbocycles. The Labute approximate surface area is 243 Å². The average molecular weight is 697 g/mol. The van der Waals surface area contributed by atoms with Gasteiger partial charge in [0.25, 0.3) is 0 Å². The summed E-state index contributed by atoms with van der Waals surface area (Å²) in [6, 6.07) is 31.5. The van der Waals surface area contributed by atoms with Gasteiger partial charge in [0.15, 0.2) is 0 Å². The van der Waals surface area contributed by atoms with E-state index in [1.54, 1.807) is 84.9 Å². The van der Waals surface area contributed by atoms with Crippen LogP contribution in [-0.4, -0.2) is 13.9 Å². The summed E-state index contributed by atoms with van der Waals surface area (Å²) in [4.78, 5) is 0. The normalized spacial score (nSPS) is 14.3. The third-order valence-electron chi connectivity index (χ3n) is 7.04. The fourth-order valence-electron chi connectivity index (χ4n) is 4.79. The zero-order valence-corrected chi connectivity index (χ0v) is 27.0. The topological polar surface area (TPSA) is 43.4 Å². The molecule has 0 N–H and O–H groups in total. The zero-order valence-electron chi connectivity index (χ0n) is 24.0. The SMILES string of the molecule is CC(C)(C)c1ccc(I(OS(=O)(=O)C(F)(F)F)(c2ccccc2)(c2ccccc2)c2ccc(C(C)(C)C)cc2)cc1. The molecule has 4 aromatic carbocycles. The standard InChI is InChI=1S/C33H36F3IO3S/c1-31(2,3)25-17-21-29(22-18-25)37(27-13-9-7-10-14-27,28-15-11-8-12-16-28,40-41(38,39)33(34,35)36)30-23-19-26(20-24-30)32(4,5)6/h7-24H,1-6H3. The van der Waals surface area contributed by atoms with Crippen molar-refractivity contribution < 1.29 is 24.1 Å². The fourth-order valence-corrected chi connectivity index (χ4v) is 22.8. The van der Waals surface area contributed by atoms with Crippen LogP contribution in [0.2, 0.25) is 0 Å². The van der Waals surface area contributed by atoms with Crippen LogP contribution in [-0.2, 0) is 23.5 Å². The van der Waals surface area contributed by atoms with Gasteiger partial charge in [-0.15, -0.1) is 0 Å². The molecule has 0 bridgehead atoms. The van der Waals surface area contributed by atoms with Crippen LogP contribution in [0, 0.1) is 14.3 Å². The summed E-state index contributed by atoms with van der Waals surface area (Å²) in [5.41, 5.74) is -4.22. The van der Waals surface area contributed by atoms with Crippen LogP contribution in [0.15, 0.2) is 109 Å². The van der Waals surface area contributed by atoms with Crippen LogP contribution in [0.4, 0.5) is 13.2 Å². The van der Waals surface area contributed by atoms with E-state index in [2.05, 4.69) is 0 Å². The molecule has 0 aliphatic rings. The second kappa shape index (κ2) is 10.5. The predicted octanol–water partition coefficient (Wildman–Crippen LogP) is 9.42. The summed E-state index contributed by atoms with van der Waals surface area (Å²) < 4.78 is 77.3. The van der Waals surface area contributed by atoms with E-state index < -0.39 is 33.1 Å². The molecule has 8 heteroatoms. The van der Waals surface area contributed by atoms with E-state index in [4.69, 9.17) is 2.51 Å². The molecule has 0 radical (unpaired) electrons. The Balaban J connectivity index is 2.31. The average Bonchev–Trinajstić information content (AvgIpc) is 2.91. The fraction of sp³-hybridized carbons (Fsp3) is 0.273. The number of hydrogen-bond donors (Lipinski definition) is 0. The quantitative estimate of drug-likeness (QED) is 0.149. The van der Waals surface area contributed by atoms with Crippen LogP contribution in [0.25, 0.3) is 0 Å². The second-order valence-corrected chi connectivity index (χ2v) is 24.5. The maximum atomic E-state index is 14.4. The van der Waals surface area contributed by atoms with Crippen molar-refractivity contribution in [1.82, 2.24) is 0 Å². The van der Waals surface area contributed by atoms with Gasteiger partial charge < -0.3 is 0 Å². The van der Waals surface area contributed by atoms with Gasteiger partial charge in [0.2, 0.25) is 0 Å². The summed E-state index contributed by atoms with van der Waals surface area (Å²) in [6.45, 7) is 12.2. The first-order valence-corrected chi connectivity index (χ1v) is 19.7. The first-order valence-electron chi connectivity index (χ1n) is 13.1. The first kappa shape index (κ1) is 31.3. The van der Waals surface area contributed by atoms with Crippen LogP contribution >= 0.6 is 17.5 Å². The Morgan fingerprint density at radius 1 is 0.512 bits per heavy atom. The van der Waals surface area contributed by atoms with E-state index in [0.29, 0.717) is 14.3 Å². The van der Waals surface area contributed by atoms with E-state index in [1.807, 2.05) is 65.8 Å². The molecule has 0 spiro atoms. The van der Waals surface area contributed by atoms with E-state index in [1.165, 1.54) is 0 Å². The van der Waals surface area contributed by atoms with Crippen LogP contribution in [0.5, 0.6) is 0 Å². The summed E-state index contributed by atoms with van der Waals surface area (Å²) >= 11 is -6.08. The van der Waals surface area contributed by atoms with Gasteiger partial charge in [-0.05, 0) is 0 Å². The van der Waals surface area contributed by atoms with Crippen molar-refractivity contribution in [2.45, 2.75) is 57.9 Å². The van der Waals surface area contributed by atoms with Gasteiger partial charge in [0.05, 0.1) is 0 Å². The summed E-state index contributed by atoms with van der Waals surface area (Å²) in [5, 5.41) is 0. The van der Waals surface area contributed by atoms with Gasteiger partial charge in [0, 0.05) is 0 Å². The number of rotatable bonds is 6. The van der Waals surface area contributed by atoms with Crippen molar-refractivity contribution in [2.24, 2.45) is 0 Å². The number of benzene rings is 4. The Morgan fingerprint density at radius 2 is 0.805 bits per heavy atom. The third kappa shape index (κ3) is 5.34. The minimum absolute atomic E-state index is 0.242. The van der Waals surface area contributed by atoms with Gasteiger partial charge >= 0.3 is 244 Å². The molecule has 0 aromatic heterocycles. The monoisotopic (exact) mass is 696 g/mol. The Kier molecular flexibility index (Phi) is 8.03. The molecule has 0 fully saturated rings. The molecule has 0 amide bonds. The minimum atomic E-state index is -6.10. The van der Waals surface area contributed by atoms with Crippen molar-refractivity contribution in [3.8, 4) is 0 Å². The molecular weight excluding hydrogens is 660 g/mol. The first-order chi connectivity index (χ1) is 18.9. The van der Waals surface area contributed by atoms with Crippen LogP contribution in [0.3, 0.4) is 0 Å². The Hall–Kier alpha value is -2.69. The summed E-state index contributed by atoms with van der Waals surface area (Å²) in [6.07, 6.45) is 0. The Bertz CT molecular complexity index is 1500. The molecule has 0 unspecified atom stereocenters. The molecule has 0 aliphatic heterocycles. The van der Waals surface area contributed by atoms with Gasteiger partial charge in [-0.1, -0.05) is 0 Å². The van der Waals surface area contributed by atoms with Gasteiger partial charge in [0.1, 0.15) is 0 Å². The molecule has 41 heavy (non-hydrogen) atoms. The zero-order chi connectivity index (χ0) is 30.3. The molecule has 220 valence electrons. The molecule has 0 saturated carbocycles. The van der Waals surface area contributed by atoms with Crippen molar-refractivity contribution in [1.29, 1.82) is 0 Å². The predicted molar refractivity (Wildman–Crippen MR) is 168 cm³/mol. The van der Waals surface area contributed by atoms with Crippen LogP contribution in [0.1, 0.15) is 52.7 Å². The van der Waals surface area contributed by atoms with E-state index >= 15 is 0 Å². The van der Waals surface area contributed by atoms with Gasteiger partial charge in [-0.25, -0.2) is 0 Å². The second-order valence-electron chi connectivity index (χ2n) is 11.9. The van der Waals surface area contributed by atoms with E-state index in [-0.39, 0.29) is 10.8 Å². The third-order valence-corrected chi connectivity index (χ3v) is 24.0. The molecule has 0 atom stereocenters. The van der Waals surface area contributed by atoms with Crippen molar-refractivity contribution in [3.63, 3.8) is 0 Å². The van der Waals surface area contributed by atoms with E-state index in [0.717, 1.165) is 11.1 Å². The van der Waals surface area contributed by atoms with Gasteiger partial charge in [-0.3, -0.25) is 0 Å². The molecule has 0 saturated heterocycles. The Morgan fingerprint density at radius 3 is 1.07 bits per heavy atom. The molecule has 4 aromatic rings. The number of hydrogen-bond acceptors (Lipinski definition) is 3. The van der Waals surface area contributed by atoms with Crippen molar-refractivity contribution in [2.75, 3.05) is 0 Å². The van der Waals surface area contributed by atoms with Gasteiger partial charge in [-0.2, -0.15) is 0 Å². The summed E-state index contributed by atoms with van der Waals surface area (Å²) in [7, 11) is -6.10. The van der Waals surface area contributed by atoms with Crippen molar-refractivity contribution in [3.05, 3.63) is 135 Å². The van der Waals surface area contributed by atoms with Crippen molar-refractivity contribution >= 4 is 27.6 Å². The molecule has 4 rings (SSSR count). The van der Waals surface area contributed by atoms with E-state index in [9.17, 15) is 21.6 Å². The number of alkyl halides is 3. The summed E-state index contributed by atoms with van der Waals surface area (Å²) in [5.74, 6) is 0. The number of halogens is 4.